The highest BCUT2D eigenvalue weighted by molar-refractivity contribution is 5.80. The van der Waals surface area contributed by atoms with E-state index in [1.165, 1.54) is 13.8 Å². The van der Waals surface area contributed by atoms with E-state index < -0.39 is 11.9 Å². The molecule has 0 radical (unpaired) electrons. The smallest absolute Gasteiger partial charge is 0.302 e. The Labute approximate surface area is 118 Å². The van der Waals surface area contributed by atoms with Crippen LogP contribution in [0, 0.1) is 0 Å². The van der Waals surface area contributed by atoms with Gasteiger partial charge in [0, 0.05) is 39.5 Å². The van der Waals surface area contributed by atoms with Crippen molar-refractivity contribution >= 4 is 23.5 Å². The van der Waals surface area contributed by atoms with E-state index in [1.54, 1.807) is 0 Å². The number of ether oxygens (including phenoxy) is 2. The standard InChI is InChI=1S/C14H22O6/c1-11(15)19-9-7-13(17)5-3-4-6-14(18)8-10-20-12(2)16/h3-10H2,1-2H3. The maximum absolute atomic E-state index is 11.4. The van der Waals surface area contributed by atoms with Crippen molar-refractivity contribution in [2.75, 3.05) is 13.2 Å². The summed E-state index contributed by atoms with van der Waals surface area (Å²) in [5, 5.41) is 0. The normalized spacial score (nSPS) is 9.90. The summed E-state index contributed by atoms with van der Waals surface area (Å²) >= 11 is 0. The van der Waals surface area contributed by atoms with Crippen LogP contribution in [0.15, 0.2) is 0 Å². The van der Waals surface area contributed by atoms with Crippen molar-refractivity contribution in [3.8, 4) is 0 Å². The zero-order valence-electron chi connectivity index (χ0n) is 12.1. The highest BCUT2D eigenvalue weighted by atomic mass is 16.5. The summed E-state index contributed by atoms with van der Waals surface area (Å²) in [5.74, 6) is -0.732. The fraction of sp³-hybridized carbons (Fsp3) is 0.714. The molecule has 0 rings (SSSR count). The number of Topliss-reactive ketones (excluding diaryl/α,β-unsaturated/α-hetero) is 2. The molecule has 0 saturated carbocycles. The second-order valence-electron chi connectivity index (χ2n) is 4.46. The molecule has 0 unspecified atom stereocenters. The molecule has 0 fully saturated rings. The van der Waals surface area contributed by atoms with Crippen molar-refractivity contribution in [2.24, 2.45) is 0 Å². The number of carbonyl (C=O) groups excluding carboxylic acids is 4. The Hall–Kier alpha value is -1.72. The molecule has 0 N–H and O–H groups in total. The van der Waals surface area contributed by atoms with Gasteiger partial charge in [0.25, 0.3) is 0 Å². The Morgan fingerprint density at radius 2 is 1.00 bits per heavy atom. The lowest BCUT2D eigenvalue weighted by Crippen LogP contribution is -2.08. The molecule has 0 heterocycles. The van der Waals surface area contributed by atoms with Gasteiger partial charge in [0.15, 0.2) is 0 Å². The van der Waals surface area contributed by atoms with Gasteiger partial charge in [-0.3, -0.25) is 19.2 Å². The summed E-state index contributed by atoms with van der Waals surface area (Å²) in [7, 11) is 0. The largest absolute Gasteiger partial charge is 0.465 e. The first-order valence-electron chi connectivity index (χ1n) is 6.72. The van der Waals surface area contributed by atoms with E-state index in [0.717, 1.165) is 0 Å². The third-order valence-corrected chi connectivity index (χ3v) is 2.53. The van der Waals surface area contributed by atoms with Crippen molar-refractivity contribution < 1.29 is 28.7 Å². The third-order valence-electron chi connectivity index (χ3n) is 2.53. The molecule has 0 aromatic carbocycles. The lowest BCUT2D eigenvalue weighted by molar-refractivity contribution is -0.143. The quantitative estimate of drug-likeness (QED) is 0.423. The maximum Gasteiger partial charge on any atom is 0.302 e. The van der Waals surface area contributed by atoms with E-state index in [9.17, 15) is 19.2 Å². The van der Waals surface area contributed by atoms with Crippen LogP contribution in [0.4, 0.5) is 0 Å². The number of rotatable bonds is 11. The Bertz CT molecular complexity index is 314. The average Bonchev–Trinajstić information content (AvgIpc) is 2.33. The second kappa shape index (κ2) is 11.1. The molecular weight excluding hydrogens is 264 g/mol. The van der Waals surface area contributed by atoms with Gasteiger partial charge in [-0.15, -0.1) is 0 Å². The van der Waals surface area contributed by atoms with Gasteiger partial charge in [-0.05, 0) is 12.8 Å². The van der Waals surface area contributed by atoms with Gasteiger partial charge in [0.05, 0.1) is 13.2 Å². The fourth-order valence-electron chi connectivity index (χ4n) is 1.51. The first-order valence-corrected chi connectivity index (χ1v) is 6.72. The molecule has 6 nitrogen and oxygen atoms in total. The van der Waals surface area contributed by atoms with Gasteiger partial charge in [0.1, 0.15) is 11.6 Å². The second-order valence-corrected chi connectivity index (χ2v) is 4.46. The number of ketones is 2. The number of esters is 2. The van der Waals surface area contributed by atoms with Crippen LogP contribution >= 0.6 is 0 Å². The van der Waals surface area contributed by atoms with Crippen molar-refractivity contribution in [2.45, 2.75) is 52.4 Å². The van der Waals surface area contributed by atoms with Crippen molar-refractivity contribution in [3.63, 3.8) is 0 Å². The first-order chi connectivity index (χ1) is 9.41. The highest BCUT2D eigenvalue weighted by Gasteiger charge is 2.06. The summed E-state index contributed by atoms with van der Waals surface area (Å²) in [6.07, 6.45) is 2.49. The van der Waals surface area contributed by atoms with Crippen molar-refractivity contribution in [3.05, 3.63) is 0 Å². The molecule has 0 amide bonds. The number of hydrogen-bond acceptors (Lipinski definition) is 6. The molecule has 6 heteroatoms. The van der Waals surface area contributed by atoms with Crippen LogP contribution in [0.1, 0.15) is 52.4 Å². The number of hydrogen-bond donors (Lipinski definition) is 0. The molecule has 0 aliphatic carbocycles. The third kappa shape index (κ3) is 12.7. The first kappa shape index (κ1) is 18.3. The summed E-state index contributed by atoms with van der Waals surface area (Å²) in [6.45, 7) is 2.84. The molecule has 0 saturated heterocycles. The molecule has 0 bridgehead atoms. The van der Waals surface area contributed by atoms with Gasteiger partial charge < -0.3 is 9.47 Å². The molecular formula is C14H22O6. The van der Waals surface area contributed by atoms with Gasteiger partial charge in [0.2, 0.25) is 0 Å². The van der Waals surface area contributed by atoms with Crippen LogP contribution in [0.2, 0.25) is 0 Å². The van der Waals surface area contributed by atoms with Crippen LogP contribution in [-0.2, 0) is 28.7 Å². The molecule has 0 spiro atoms. The Morgan fingerprint density at radius 3 is 1.30 bits per heavy atom. The summed E-state index contributed by atoms with van der Waals surface area (Å²) in [4.78, 5) is 43.7. The Balaban J connectivity index is 3.46. The van der Waals surface area contributed by atoms with E-state index >= 15 is 0 Å². The van der Waals surface area contributed by atoms with Gasteiger partial charge in [-0.2, -0.15) is 0 Å². The number of carbonyl (C=O) groups is 4. The molecule has 0 atom stereocenters. The van der Waals surface area contributed by atoms with Crippen LogP contribution in [0.25, 0.3) is 0 Å². The van der Waals surface area contributed by atoms with E-state index in [0.29, 0.717) is 25.7 Å². The fourth-order valence-corrected chi connectivity index (χ4v) is 1.51. The topological polar surface area (TPSA) is 86.7 Å². The van der Waals surface area contributed by atoms with Gasteiger partial charge in [-0.25, -0.2) is 0 Å². The van der Waals surface area contributed by atoms with Crippen LogP contribution in [0.3, 0.4) is 0 Å². The molecule has 0 aliphatic rings. The average molecular weight is 286 g/mol. The van der Waals surface area contributed by atoms with Crippen LogP contribution < -0.4 is 0 Å². The minimum Gasteiger partial charge on any atom is -0.465 e. The van der Waals surface area contributed by atoms with Crippen LogP contribution in [-0.4, -0.2) is 36.7 Å². The summed E-state index contributed by atoms with van der Waals surface area (Å²) in [5.41, 5.74) is 0. The lowest BCUT2D eigenvalue weighted by atomic mass is 10.1. The monoisotopic (exact) mass is 286 g/mol. The van der Waals surface area contributed by atoms with E-state index in [1.807, 2.05) is 0 Å². The Kier molecular flexibility index (Phi) is 10.2. The molecule has 0 aromatic heterocycles. The molecule has 20 heavy (non-hydrogen) atoms. The van der Waals surface area contributed by atoms with E-state index in [4.69, 9.17) is 0 Å². The highest BCUT2D eigenvalue weighted by Crippen LogP contribution is 2.05. The van der Waals surface area contributed by atoms with Crippen molar-refractivity contribution in [1.29, 1.82) is 0 Å². The minimum atomic E-state index is -0.392. The molecule has 0 aromatic rings. The van der Waals surface area contributed by atoms with Gasteiger partial charge >= 0.3 is 11.9 Å². The predicted molar refractivity (Wildman–Crippen MR) is 71.0 cm³/mol. The number of unbranched alkanes of at least 4 members (excludes halogenated alkanes) is 1. The maximum atomic E-state index is 11.4. The lowest BCUT2D eigenvalue weighted by Gasteiger charge is -2.03. The SMILES string of the molecule is CC(=O)OCCC(=O)CCCCC(=O)CCOC(C)=O. The Morgan fingerprint density at radius 1 is 0.650 bits per heavy atom. The minimum absolute atomic E-state index is 0.0265. The van der Waals surface area contributed by atoms with Crippen molar-refractivity contribution in [1.82, 2.24) is 0 Å². The summed E-state index contributed by atoms with van der Waals surface area (Å²) < 4.78 is 9.33. The summed E-state index contributed by atoms with van der Waals surface area (Å²) in [6, 6.07) is 0. The molecule has 114 valence electrons. The zero-order chi connectivity index (χ0) is 15.4. The molecule has 0 aliphatic heterocycles. The van der Waals surface area contributed by atoms with E-state index in [-0.39, 0.29) is 37.6 Å². The van der Waals surface area contributed by atoms with Crippen LogP contribution in [0.5, 0.6) is 0 Å². The van der Waals surface area contributed by atoms with Gasteiger partial charge in [-0.1, -0.05) is 0 Å². The zero-order valence-corrected chi connectivity index (χ0v) is 12.1. The predicted octanol–water partition coefficient (Wildman–Crippen LogP) is 1.59. The van der Waals surface area contributed by atoms with E-state index in [2.05, 4.69) is 9.47 Å².